The monoisotopic (exact) mass is 541 g/mol. The predicted molar refractivity (Wildman–Crippen MR) is 141 cm³/mol. The highest BCUT2D eigenvalue weighted by molar-refractivity contribution is 7.88. The number of carboxylic acid groups (broad SMARTS) is 1. The maximum absolute atomic E-state index is 13.5. The number of nitrogens with zero attached hydrogens (tertiary/aromatic N) is 3. The molecule has 2 saturated heterocycles. The van der Waals surface area contributed by atoms with Gasteiger partial charge in [0.1, 0.15) is 5.84 Å². The van der Waals surface area contributed by atoms with Crippen LogP contribution in [0.1, 0.15) is 38.3 Å². The van der Waals surface area contributed by atoms with Crippen molar-refractivity contribution in [2.75, 3.05) is 39.0 Å². The minimum Gasteiger partial charge on any atom is -0.478 e. The summed E-state index contributed by atoms with van der Waals surface area (Å²) in [5.74, 6) is -1.62. The average molecular weight is 542 g/mol. The number of amides is 1. The number of benzene rings is 2. The molecule has 0 saturated carbocycles. The second-order valence-corrected chi connectivity index (χ2v) is 11.7. The molecule has 4 rings (SSSR count). The van der Waals surface area contributed by atoms with Gasteiger partial charge in [0.25, 0.3) is 5.91 Å². The molecule has 202 valence electrons. The van der Waals surface area contributed by atoms with Crippen LogP contribution in [0, 0.1) is 5.41 Å². The second-order valence-electron chi connectivity index (χ2n) is 9.70. The van der Waals surface area contributed by atoms with Crippen LogP contribution in [0.25, 0.3) is 0 Å². The molecule has 0 unspecified atom stereocenters. The maximum atomic E-state index is 13.5. The summed E-state index contributed by atoms with van der Waals surface area (Å²) in [5, 5.41) is 16.7. The molecule has 4 N–H and O–H groups in total. The number of nitrogens with one attached hydrogen (secondary N) is 1. The van der Waals surface area contributed by atoms with E-state index in [1.807, 2.05) is 0 Å². The Morgan fingerprint density at radius 2 is 1.50 bits per heavy atom. The van der Waals surface area contributed by atoms with E-state index >= 15 is 0 Å². The molecule has 2 heterocycles. The molecule has 2 aliphatic heterocycles. The van der Waals surface area contributed by atoms with Gasteiger partial charge in [0.05, 0.1) is 17.9 Å². The lowest BCUT2D eigenvalue weighted by molar-refractivity contribution is -0.122. The Morgan fingerprint density at radius 1 is 0.947 bits per heavy atom. The zero-order valence-corrected chi connectivity index (χ0v) is 21.9. The van der Waals surface area contributed by atoms with E-state index in [1.54, 1.807) is 41.3 Å². The number of aromatic carboxylic acids is 1. The summed E-state index contributed by atoms with van der Waals surface area (Å²) in [7, 11) is -3.28. The van der Waals surface area contributed by atoms with E-state index in [-0.39, 0.29) is 35.6 Å². The summed E-state index contributed by atoms with van der Waals surface area (Å²) in [5.41, 5.74) is 7.17. The van der Waals surface area contributed by atoms with Crippen LogP contribution in [0.2, 0.25) is 0 Å². The van der Waals surface area contributed by atoms with Gasteiger partial charge in [-0.1, -0.05) is 24.3 Å². The van der Waals surface area contributed by atoms with E-state index in [1.165, 1.54) is 22.7 Å². The van der Waals surface area contributed by atoms with Crippen LogP contribution in [0.3, 0.4) is 0 Å². The number of hydrogen-bond acceptors (Lipinski definition) is 7. The fourth-order valence-corrected chi connectivity index (χ4v) is 5.88. The van der Waals surface area contributed by atoms with E-state index in [2.05, 4.69) is 4.90 Å². The number of piperazine rings is 1. The lowest BCUT2D eigenvalue weighted by Crippen LogP contribution is -2.52. The van der Waals surface area contributed by atoms with Gasteiger partial charge in [0.15, 0.2) is 5.78 Å². The molecule has 12 heteroatoms. The Bertz CT molecular complexity index is 1340. The van der Waals surface area contributed by atoms with Crippen molar-refractivity contribution in [2.24, 2.45) is 5.73 Å². The van der Waals surface area contributed by atoms with Crippen molar-refractivity contribution in [2.45, 2.75) is 24.9 Å². The Balaban J connectivity index is 1.54. The number of rotatable bonds is 8. The third-order valence-corrected chi connectivity index (χ3v) is 8.50. The summed E-state index contributed by atoms with van der Waals surface area (Å²) in [6, 6.07) is 11.7. The summed E-state index contributed by atoms with van der Waals surface area (Å²) in [6.07, 6.45) is 1.65. The molecule has 0 bridgehead atoms. The summed E-state index contributed by atoms with van der Waals surface area (Å²) in [6.45, 7) is 2.03. The number of carbonyl (C=O) groups is 3. The Kier molecular flexibility index (Phi) is 7.95. The lowest BCUT2D eigenvalue weighted by Gasteiger charge is -2.36. The highest BCUT2D eigenvalue weighted by atomic mass is 32.2. The van der Waals surface area contributed by atoms with Gasteiger partial charge in [-0.25, -0.2) is 13.2 Å². The molecular formula is C26H31N5O6S. The van der Waals surface area contributed by atoms with E-state index in [0.29, 0.717) is 55.8 Å². The predicted octanol–water partition coefficient (Wildman–Crippen LogP) is 0.641. The van der Waals surface area contributed by atoms with Crippen LogP contribution in [-0.4, -0.2) is 102 Å². The van der Waals surface area contributed by atoms with Gasteiger partial charge in [0, 0.05) is 56.3 Å². The molecule has 11 nitrogen and oxygen atoms in total. The van der Waals surface area contributed by atoms with Crippen molar-refractivity contribution in [1.82, 2.24) is 14.1 Å². The summed E-state index contributed by atoms with van der Waals surface area (Å²) < 4.78 is 25.2. The van der Waals surface area contributed by atoms with Gasteiger partial charge in [-0.3, -0.25) is 19.9 Å². The van der Waals surface area contributed by atoms with Gasteiger partial charge in [-0.05, 0) is 36.2 Å². The third kappa shape index (κ3) is 6.09. The number of nitrogen functional groups attached to an aromatic ring is 1. The minimum atomic E-state index is -3.28. The smallest absolute Gasteiger partial charge is 0.335 e. The highest BCUT2D eigenvalue weighted by Gasteiger charge is 2.42. The summed E-state index contributed by atoms with van der Waals surface area (Å²) in [4.78, 5) is 41.9. The zero-order chi connectivity index (χ0) is 27.6. The first-order chi connectivity index (χ1) is 17.9. The Morgan fingerprint density at radius 3 is 2.03 bits per heavy atom. The molecule has 2 atom stereocenters. The number of amidine groups is 1. The first-order valence-electron chi connectivity index (χ1n) is 12.2. The third-order valence-electron chi connectivity index (χ3n) is 7.19. The molecule has 38 heavy (non-hydrogen) atoms. The number of ketones is 1. The van der Waals surface area contributed by atoms with Gasteiger partial charge >= 0.3 is 5.97 Å². The lowest BCUT2D eigenvalue weighted by atomic mass is 9.99. The standard InChI is InChI=1S/C26H31N5O6S/c1-38(36,37)30-12-10-29(11-13-30)21-15-22(23(32)14-17-2-4-20(5-3-17)26(34)35)31(16-21)25(33)19-8-6-18(7-9-19)24(27)28/h2-9,21-22H,10-16H2,1H3,(H3,27,28)(H,34,35)/t21-,22-/m0/s1. The quantitative estimate of drug-likeness (QED) is 0.324. The van der Waals surface area contributed by atoms with Crippen LogP contribution in [0.4, 0.5) is 0 Å². The highest BCUT2D eigenvalue weighted by Crippen LogP contribution is 2.27. The zero-order valence-electron chi connectivity index (χ0n) is 21.0. The van der Waals surface area contributed by atoms with Crippen LogP contribution < -0.4 is 5.73 Å². The molecule has 2 aromatic carbocycles. The van der Waals surface area contributed by atoms with Crippen molar-refractivity contribution >= 4 is 33.5 Å². The molecule has 0 aromatic heterocycles. The molecule has 0 radical (unpaired) electrons. The Hall–Kier alpha value is -3.61. The first kappa shape index (κ1) is 27.4. The molecular weight excluding hydrogens is 510 g/mol. The van der Waals surface area contributed by atoms with Gasteiger partial charge in [0.2, 0.25) is 10.0 Å². The van der Waals surface area contributed by atoms with Gasteiger partial charge in [-0.2, -0.15) is 4.31 Å². The van der Waals surface area contributed by atoms with Crippen molar-refractivity contribution < 1.29 is 27.9 Å². The van der Waals surface area contributed by atoms with Crippen LogP contribution in [0.5, 0.6) is 0 Å². The molecule has 2 aliphatic rings. The van der Waals surface area contributed by atoms with Crippen LogP contribution in [-0.2, 0) is 21.2 Å². The molecule has 2 aromatic rings. The largest absolute Gasteiger partial charge is 0.478 e. The fraction of sp³-hybridized carbons (Fsp3) is 0.385. The molecule has 0 aliphatic carbocycles. The minimum absolute atomic E-state index is 0.0478. The van der Waals surface area contributed by atoms with Crippen molar-refractivity contribution in [3.8, 4) is 0 Å². The van der Waals surface area contributed by atoms with E-state index in [0.717, 1.165) is 0 Å². The number of Topliss-reactive ketones (excluding diaryl/α,β-unsaturated/α-hetero) is 1. The maximum Gasteiger partial charge on any atom is 0.335 e. The molecule has 1 amide bonds. The number of carboxylic acids is 1. The van der Waals surface area contributed by atoms with Crippen molar-refractivity contribution in [3.63, 3.8) is 0 Å². The number of carbonyl (C=O) groups excluding carboxylic acids is 2. The van der Waals surface area contributed by atoms with E-state index in [4.69, 9.17) is 16.2 Å². The molecule has 0 spiro atoms. The topological polar surface area (TPSA) is 165 Å². The molecule has 2 fully saturated rings. The van der Waals surface area contributed by atoms with Crippen LogP contribution >= 0.6 is 0 Å². The van der Waals surface area contributed by atoms with Crippen LogP contribution in [0.15, 0.2) is 48.5 Å². The van der Waals surface area contributed by atoms with Crippen molar-refractivity contribution in [3.05, 3.63) is 70.8 Å². The number of sulfonamides is 1. The van der Waals surface area contributed by atoms with Gasteiger partial charge < -0.3 is 15.7 Å². The number of hydrogen-bond donors (Lipinski definition) is 3. The SMILES string of the molecule is CS(=O)(=O)N1CCN([C@H]2C[C@@H](C(=O)Cc3ccc(C(=O)O)cc3)N(C(=O)c3ccc(C(=N)N)cc3)C2)CC1. The summed E-state index contributed by atoms with van der Waals surface area (Å²) >= 11 is 0. The average Bonchev–Trinajstić information content (AvgIpc) is 3.34. The number of nitrogens with two attached hydrogens (primary N) is 1. The first-order valence-corrected chi connectivity index (χ1v) is 14.1. The van der Waals surface area contributed by atoms with Gasteiger partial charge in [-0.15, -0.1) is 0 Å². The van der Waals surface area contributed by atoms with E-state index in [9.17, 15) is 22.8 Å². The van der Waals surface area contributed by atoms with E-state index < -0.39 is 22.0 Å². The second kappa shape index (κ2) is 11.0. The number of likely N-dealkylation sites (tertiary alicyclic amines) is 1. The Labute approximate surface area is 221 Å². The normalized spacial score (nSPS) is 20.8. The van der Waals surface area contributed by atoms with Crippen molar-refractivity contribution in [1.29, 1.82) is 5.41 Å². The fourth-order valence-electron chi connectivity index (χ4n) is 5.05.